The van der Waals surface area contributed by atoms with Gasteiger partial charge in [-0.3, -0.25) is 9.59 Å². The Bertz CT molecular complexity index is 875. The number of methoxy groups -OCH3 is 1. The summed E-state index contributed by atoms with van der Waals surface area (Å²) in [5.74, 6) is -0.580. The number of fused-ring (bicyclic) bond motifs is 2. The Morgan fingerprint density at radius 1 is 1.05 bits per heavy atom. The first-order valence-electron chi connectivity index (χ1n) is 6.58. The average Bonchev–Trinajstić information content (AvgIpc) is 2.51. The van der Waals surface area contributed by atoms with E-state index >= 15 is 0 Å². The first-order chi connectivity index (χ1) is 10.1. The minimum absolute atomic E-state index is 0.295. The molecule has 1 aromatic carbocycles. The van der Waals surface area contributed by atoms with Crippen LogP contribution >= 0.6 is 0 Å². The molecular weight excluding hydrogens is 272 g/mol. The summed E-state index contributed by atoms with van der Waals surface area (Å²) in [4.78, 5) is 37.2. The molecule has 0 amide bonds. The topological polar surface area (TPSA) is 70.3 Å². The van der Waals surface area contributed by atoms with Crippen LogP contribution in [0.1, 0.15) is 19.0 Å². The first kappa shape index (κ1) is 13.4. The highest BCUT2D eigenvalue weighted by Crippen LogP contribution is 2.20. The zero-order chi connectivity index (χ0) is 15.1. The molecule has 0 saturated heterocycles. The molecule has 1 aromatic heterocycles. The largest absolute Gasteiger partial charge is 0.467 e. The van der Waals surface area contributed by atoms with Crippen LogP contribution in [0.2, 0.25) is 0 Å². The Hall–Kier alpha value is -2.63. The summed E-state index contributed by atoms with van der Waals surface area (Å²) in [6.45, 7) is 1.79. The van der Waals surface area contributed by atoms with Gasteiger partial charge in [-0.1, -0.05) is 24.3 Å². The van der Waals surface area contributed by atoms with E-state index in [9.17, 15) is 14.4 Å². The highest BCUT2D eigenvalue weighted by atomic mass is 16.5. The van der Waals surface area contributed by atoms with E-state index in [-0.39, 0.29) is 17.2 Å². The van der Waals surface area contributed by atoms with Gasteiger partial charge in [0.1, 0.15) is 0 Å². The molecule has 6 heteroatoms. The summed E-state index contributed by atoms with van der Waals surface area (Å²) < 4.78 is 7.22. The molecular formula is C15H14N2O4. The van der Waals surface area contributed by atoms with Crippen LogP contribution in [-0.4, -0.2) is 22.4 Å². The van der Waals surface area contributed by atoms with Gasteiger partial charge >= 0.3 is 5.97 Å². The van der Waals surface area contributed by atoms with Crippen LogP contribution in [0.25, 0.3) is 10.8 Å². The molecule has 0 spiro atoms. The number of hydrogen-bond donors (Lipinski definition) is 0. The van der Waals surface area contributed by atoms with E-state index in [1.165, 1.54) is 16.5 Å². The maximum atomic E-state index is 12.7. The van der Waals surface area contributed by atoms with Gasteiger partial charge in [-0.15, -0.1) is 0 Å². The van der Waals surface area contributed by atoms with Gasteiger partial charge in [0.05, 0.1) is 23.9 Å². The van der Waals surface area contributed by atoms with E-state index in [0.717, 1.165) is 0 Å². The van der Waals surface area contributed by atoms with Crippen molar-refractivity contribution in [1.29, 1.82) is 0 Å². The molecule has 1 aliphatic heterocycles. The molecule has 2 atom stereocenters. The molecule has 0 unspecified atom stereocenters. The number of ether oxygens (including phenoxy) is 1. The standard InChI is InChI=1S/C15H14N2O4/c1-9-7-8-12(15(20)21-2)17-14(19)11-6-4-3-5-10(11)13(18)16(9)17/h3-9,12H,1-2H3/t9-,12+/m0/s1. The van der Waals surface area contributed by atoms with Crippen molar-refractivity contribution in [1.82, 2.24) is 9.36 Å². The fourth-order valence-corrected chi connectivity index (χ4v) is 2.67. The predicted molar refractivity (Wildman–Crippen MR) is 77.4 cm³/mol. The number of carbonyl (C=O) groups excluding carboxylic acids is 1. The number of allylic oxidation sites excluding steroid dienone is 1. The minimum Gasteiger partial charge on any atom is -0.467 e. The number of carbonyl (C=O) groups is 1. The van der Waals surface area contributed by atoms with Gasteiger partial charge in [0.2, 0.25) is 0 Å². The van der Waals surface area contributed by atoms with Gasteiger partial charge in [0.25, 0.3) is 11.1 Å². The number of nitrogens with zero attached hydrogens (tertiary/aromatic N) is 2. The molecule has 21 heavy (non-hydrogen) atoms. The lowest BCUT2D eigenvalue weighted by Gasteiger charge is -2.27. The fraction of sp³-hybridized carbons (Fsp3) is 0.267. The van der Waals surface area contributed by atoms with E-state index in [1.807, 2.05) is 0 Å². The number of benzene rings is 1. The Morgan fingerprint density at radius 3 is 2.19 bits per heavy atom. The monoisotopic (exact) mass is 286 g/mol. The number of rotatable bonds is 1. The molecule has 0 aliphatic carbocycles. The SMILES string of the molecule is COC(=O)[C@H]1C=C[C@H](C)n2c(=O)c3ccccc3c(=O)n21. The second-order valence-corrected chi connectivity index (χ2v) is 4.94. The van der Waals surface area contributed by atoms with Crippen LogP contribution in [0.3, 0.4) is 0 Å². The molecule has 2 aromatic rings. The van der Waals surface area contributed by atoms with Crippen LogP contribution in [0.4, 0.5) is 0 Å². The van der Waals surface area contributed by atoms with E-state index in [0.29, 0.717) is 10.8 Å². The molecule has 108 valence electrons. The van der Waals surface area contributed by atoms with Crippen LogP contribution < -0.4 is 11.1 Å². The Kier molecular flexibility index (Phi) is 3.01. The predicted octanol–water partition coefficient (Wildman–Crippen LogP) is 1.01. The van der Waals surface area contributed by atoms with Crippen molar-refractivity contribution in [2.24, 2.45) is 0 Å². The van der Waals surface area contributed by atoms with E-state index in [2.05, 4.69) is 0 Å². The first-order valence-corrected chi connectivity index (χ1v) is 6.58. The molecule has 0 bridgehead atoms. The highest BCUT2D eigenvalue weighted by molar-refractivity contribution is 5.82. The Morgan fingerprint density at radius 2 is 1.62 bits per heavy atom. The quantitative estimate of drug-likeness (QED) is 0.579. The molecule has 6 nitrogen and oxygen atoms in total. The molecule has 0 saturated carbocycles. The molecule has 1 aliphatic rings. The number of hydrogen-bond acceptors (Lipinski definition) is 4. The molecule has 0 radical (unpaired) electrons. The third kappa shape index (κ3) is 1.83. The zero-order valence-corrected chi connectivity index (χ0v) is 11.6. The van der Waals surface area contributed by atoms with Crippen molar-refractivity contribution in [2.45, 2.75) is 19.0 Å². The second kappa shape index (κ2) is 4.73. The number of esters is 1. The highest BCUT2D eigenvalue weighted by Gasteiger charge is 2.29. The maximum absolute atomic E-state index is 12.7. The Balaban J connectivity index is 2.46. The third-order valence-corrected chi connectivity index (χ3v) is 3.70. The smallest absolute Gasteiger partial charge is 0.334 e. The lowest BCUT2D eigenvalue weighted by molar-refractivity contribution is -0.143. The van der Waals surface area contributed by atoms with Crippen molar-refractivity contribution < 1.29 is 9.53 Å². The van der Waals surface area contributed by atoms with Gasteiger partial charge in [-0.25, -0.2) is 14.2 Å². The minimum atomic E-state index is -0.920. The van der Waals surface area contributed by atoms with E-state index < -0.39 is 12.0 Å². The lowest BCUT2D eigenvalue weighted by atomic mass is 10.1. The maximum Gasteiger partial charge on any atom is 0.334 e. The fourth-order valence-electron chi connectivity index (χ4n) is 2.67. The van der Waals surface area contributed by atoms with Crippen molar-refractivity contribution in [2.75, 3.05) is 7.11 Å². The van der Waals surface area contributed by atoms with Crippen molar-refractivity contribution in [3.05, 3.63) is 57.1 Å². The van der Waals surface area contributed by atoms with Crippen LogP contribution in [0.5, 0.6) is 0 Å². The summed E-state index contributed by atoms with van der Waals surface area (Å²) in [6, 6.07) is 5.37. The van der Waals surface area contributed by atoms with Crippen LogP contribution in [-0.2, 0) is 9.53 Å². The summed E-state index contributed by atoms with van der Waals surface area (Å²) in [5.41, 5.74) is -0.673. The number of aromatic nitrogens is 2. The summed E-state index contributed by atoms with van der Waals surface area (Å²) in [6.07, 6.45) is 3.31. The summed E-state index contributed by atoms with van der Waals surface area (Å²) in [7, 11) is 1.25. The molecule has 3 rings (SSSR count). The van der Waals surface area contributed by atoms with Crippen molar-refractivity contribution in [3.63, 3.8) is 0 Å². The average molecular weight is 286 g/mol. The summed E-state index contributed by atoms with van der Waals surface area (Å²) >= 11 is 0. The molecule has 2 heterocycles. The van der Waals surface area contributed by atoms with Crippen LogP contribution in [0, 0.1) is 0 Å². The third-order valence-electron chi connectivity index (χ3n) is 3.70. The molecule has 0 fully saturated rings. The summed E-state index contributed by atoms with van der Waals surface area (Å²) in [5, 5.41) is 0.652. The zero-order valence-electron chi connectivity index (χ0n) is 11.6. The van der Waals surface area contributed by atoms with Gasteiger partial charge in [0, 0.05) is 0 Å². The lowest BCUT2D eigenvalue weighted by Crippen LogP contribution is -2.45. The van der Waals surface area contributed by atoms with Gasteiger partial charge in [0.15, 0.2) is 6.04 Å². The van der Waals surface area contributed by atoms with Crippen molar-refractivity contribution >= 4 is 16.7 Å². The van der Waals surface area contributed by atoms with Crippen LogP contribution in [0.15, 0.2) is 46.0 Å². The Labute approximate surface area is 119 Å². The van der Waals surface area contributed by atoms with E-state index in [4.69, 9.17) is 4.74 Å². The second-order valence-electron chi connectivity index (χ2n) is 4.94. The van der Waals surface area contributed by atoms with Gasteiger partial charge in [-0.05, 0) is 19.1 Å². The van der Waals surface area contributed by atoms with E-state index in [1.54, 1.807) is 43.3 Å². The van der Waals surface area contributed by atoms with Gasteiger partial charge < -0.3 is 4.74 Å². The molecule has 0 N–H and O–H groups in total. The normalized spacial score (nSPS) is 20.3. The van der Waals surface area contributed by atoms with Gasteiger partial charge in [-0.2, -0.15) is 0 Å². The van der Waals surface area contributed by atoms with Crippen molar-refractivity contribution in [3.8, 4) is 0 Å².